The van der Waals surface area contributed by atoms with Crippen LogP contribution < -0.4 is 0 Å². The summed E-state index contributed by atoms with van der Waals surface area (Å²) < 4.78 is 11.9. The van der Waals surface area contributed by atoms with Gasteiger partial charge in [-0.3, -0.25) is 0 Å². The molecule has 0 aliphatic carbocycles. The second-order valence-electron chi connectivity index (χ2n) is 3.00. The topological polar surface area (TPSA) is 42.9 Å². The summed E-state index contributed by atoms with van der Waals surface area (Å²) in [6.45, 7) is 3.88. The zero-order chi connectivity index (χ0) is 9.87. The lowest BCUT2D eigenvalue weighted by atomic mass is 10.5. The first-order valence-corrected chi connectivity index (χ1v) is 6.82. The fraction of sp³-hybridized carbons (Fsp3) is 0.250. The highest BCUT2D eigenvalue weighted by Gasteiger charge is 2.33. The van der Waals surface area contributed by atoms with Gasteiger partial charge in [0.2, 0.25) is 0 Å². The van der Waals surface area contributed by atoms with E-state index < -0.39 is 10.8 Å². The number of thiazole rings is 2. The van der Waals surface area contributed by atoms with Crippen molar-refractivity contribution in [3.05, 3.63) is 10.0 Å². The first-order valence-electron chi connectivity index (χ1n) is 4.04. The van der Waals surface area contributed by atoms with Gasteiger partial charge in [0.05, 0.1) is 19.8 Å². The van der Waals surface area contributed by atoms with Gasteiger partial charge in [0.1, 0.15) is 10.8 Å². The average molecular weight is 242 g/mol. The van der Waals surface area contributed by atoms with Crippen LogP contribution in [0, 0.1) is 13.8 Å². The van der Waals surface area contributed by atoms with Gasteiger partial charge in [-0.15, -0.1) is 22.7 Å². The van der Waals surface area contributed by atoms with Gasteiger partial charge in [0, 0.05) is 0 Å². The van der Waals surface area contributed by atoms with Gasteiger partial charge in [0.25, 0.3) is 0 Å². The number of rotatable bonds is 0. The Labute approximate surface area is 91.3 Å². The van der Waals surface area contributed by atoms with Crippen molar-refractivity contribution in [1.29, 1.82) is 0 Å². The second kappa shape index (κ2) is 2.71. The van der Waals surface area contributed by atoms with Gasteiger partial charge in [-0.05, 0) is 13.8 Å². The summed E-state index contributed by atoms with van der Waals surface area (Å²) in [5, 5.41) is 3.36. The van der Waals surface area contributed by atoms with Crippen molar-refractivity contribution in [2.75, 3.05) is 0 Å². The van der Waals surface area contributed by atoms with Crippen molar-refractivity contribution in [1.82, 2.24) is 9.97 Å². The fourth-order valence-corrected chi connectivity index (χ4v) is 5.32. The summed E-state index contributed by atoms with van der Waals surface area (Å²) in [5.41, 5.74) is 0. The van der Waals surface area contributed by atoms with Crippen LogP contribution in [-0.2, 0) is 10.8 Å². The molecule has 0 spiro atoms. The molecule has 2 aromatic heterocycles. The lowest BCUT2D eigenvalue weighted by Crippen LogP contribution is -1.89. The molecule has 0 bridgehead atoms. The summed E-state index contributed by atoms with van der Waals surface area (Å²) in [5.74, 6) is 0. The molecule has 3 rings (SSSR count). The molecule has 14 heavy (non-hydrogen) atoms. The molecular formula is C8H6N2OS3. The van der Waals surface area contributed by atoms with Gasteiger partial charge in [0.15, 0.2) is 10.1 Å². The standard InChI is InChI=1S/C8H6N2OS3/c1-3-9-7-5(12-3)6-8(14(7)11)10-4(2)13-6/h1-2H3. The Morgan fingerprint density at radius 2 is 1.43 bits per heavy atom. The van der Waals surface area contributed by atoms with Crippen molar-refractivity contribution in [3.8, 4) is 9.75 Å². The maximum atomic E-state index is 11.9. The zero-order valence-electron chi connectivity index (χ0n) is 7.53. The Morgan fingerprint density at radius 3 is 1.86 bits per heavy atom. The molecule has 1 aliphatic rings. The number of aryl methyl sites for hydroxylation is 2. The van der Waals surface area contributed by atoms with Crippen LogP contribution in [0.4, 0.5) is 0 Å². The SMILES string of the molecule is Cc1nc2c(s1)-c1sc(C)nc1S2=O. The highest BCUT2D eigenvalue weighted by molar-refractivity contribution is 7.86. The summed E-state index contributed by atoms with van der Waals surface area (Å²) in [6, 6.07) is 0. The number of fused-ring (bicyclic) bond motifs is 3. The van der Waals surface area contributed by atoms with E-state index in [-0.39, 0.29) is 0 Å². The largest absolute Gasteiger partial charge is 0.246 e. The van der Waals surface area contributed by atoms with Crippen molar-refractivity contribution < 1.29 is 4.21 Å². The molecule has 0 unspecified atom stereocenters. The Bertz CT molecular complexity index is 507. The molecular weight excluding hydrogens is 236 g/mol. The van der Waals surface area contributed by atoms with E-state index >= 15 is 0 Å². The van der Waals surface area contributed by atoms with Crippen LogP contribution in [0.1, 0.15) is 10.0 Å². The minimum atomic E-state index is -1.13. The number of hydrogen-bond donors (Lipinski definition) is 0. The number of nitrogens with zero attached hydrogens (tertiary/aromatic N) is 2. The molecule has 0 N–H and O–H groups in total. The highest BCUT2D eigenvalue weighted by atomic mass is 32.2. The maximum absolute atomic E-state index is 11.9. The van der Waals surface area contributed by atoms with E-state index in [4.69, 9.17) is 0 Å². The van der Waals surface area contributed by atoms with E-state index in [1.807, 2.05) is 13.8 Å². The molecule has 6 heteroatoms. The quantitative estimate of drug-likeness (QED) is 0.608. The monoisotopic (exact) mass is 242 g/mol. The molecule has 3 nitrogen and oxygen atoms in total. The van der Waals surface area contributed by atoms with E-state index in [0.29, 0.717) is 10.1 Å². The Morgan fingerprint density at radius 1 is 1.00 bits per heavy atom. The molecule has 0 aromatic carbocycles. The van der Waals surface area contributed by atoms with E-state index in [2.05, 4.69) is 9.97 Å². The van der Waals surface area contributed by atoms with Gasteiger partial charge in [-0.25, -0.2) is 14.2 Å². The average Bonchev–Trinajstić information content (AvgIpc) is 2.71. The fourth-order valence-electron chi connectivity index (χ4n) is 1.45. The smallest absolute Gasteiger partial charge is 0.153 e. The van der Waals surface area contributed by atoms with Gasteiger partial charge in [-0.2, -0.15) is 0 Å². The van der Waals surface area contributed by atoms with E-state index in [0.717, 1.165) is 19.8 Å². The third-order valence-electron chi connectivity index (χ3n) is 1.96. The lowest BCUT2D eigenvalue weighted by molar-refractivity contribution is 0.680. The van der Waals surface area contributed by atoms with Gasteiger partial charge in [-0.1, -0.05) is 0 Å². The minimum absolute atomic E-state index is 0.709. The summed E-state index contributed by atoms with van der Waals surface area (Å²) in [4.78, 5) is 10.7. The third kappa shape index (κ3) is 0.986. The predicted octanol–water partition coefficient (Wildman–Crippen LogP) is 2.36. The normalized spacial score (nSPS) is 14.4. The van der Waals surface area contributed by atoms with Crippen LogP contribution in [-0.4, -0.2) is 14.2 Å². The van der Waals surface area contributed by atoms with Crippen LogP contribution in [0.5, 0.6) is 0 Å². The highest BCUT2D eigenvalue weighted by Crippen LogP contribution is 2.46. The lowest BCUT2D eigenvalue weighted by Gasteiger charge is -1.86. The van der Waals surface area contributed by atoms with Crippen molar-refractivity contribution >= 4 is 33.5 Å². The molecule has 3 heterocycles. The maximum Gasteiger partial charge on any atom is 0.153 e. The summed E-state index contributed by atoms with van der Waals surface area (Å²) in [7, 11) is -1.13. The van der Waals surface area contributed by atoms with Crippen LogP contribution in [0.3, 0.4) is 0 Å². The Hall–Kier alpha value is -0.590. The van der Waals surface area contributed by atoms with E-state index in [9.17, 15) is 4.21 Å². The predicted molar refractivity (Wildman–Crippen MR) is 57.4 cm³/mol. The van der Waals surface area contributed by atoms with Crippen molar-refractivity contribution in [2.45, 2.75) is 23.9 Å². The minimum Gasteiger partial charge on any atom is -0.246 e. The van der Waals surface area contributed by atoms with Crippen molar-refractivity contribution in [3.63, 3.8) is 0 Å². The van der Waals surface area contributed by atoms with Crippen LogP contribution in [0.25, 0.3) is 9.75 Å². The first kappa shape index (κ1) is 8.70. The molecule has 0 fully saturated rings. The van der Waals surface area contributed by atoms with Crippen LogP contribution in [0.15, 0.2) is 10.1 Å². The number of hydrogen-bond acceptors (Lipinski definition) is 5. The van der Waals surface area contributed by atoms with Crippen LogP contribution in [0.2, 0.25) is 0 Å². The molecule has 0 saturated heterocycles. The number of aromatic nitrogens is 2. The molecule has 1 aliphatic heterocycles. The molecule has 0 radical (unpaired) electrons. The zero-order valence-corrected chi connectivity index (χ0v) is 9.98. The molecule has 2 aromatic rings. The van der Waals surface area contributed by atoms with Crippen molar-refractivity contribution in [2.24, 2.45) is 0 Å². The molecule has 0 atom stereocenters. The van der Waals surface area contributed by atoms with Crippen LogP contribution >= 0.6 is 22.7 Å². The second-order valence-corrected chi connectivity index (χ2v) is 6.72. The van der Waals surface area contributed by atoms with Gasteiger partial charge < -0.3 is 0 Å². The molecule has 0 saturated carbocycles. The Balaban J connectivity index is 2.37. The van der Waals surface area contributed by atoms with E-state index in [1.54, 1.807) is 22.7 Å². The summed E-state index contributed by atoms with van der Waals surface area (Å²) >= 11 is 3.21. The van der Waals surface area contributed by atoms with E-state index in [1.165, 1.54) is 0 Å². The Kier molecular flexibility index (Phi) is 1.68. The third-order valence-corrected chi connectivity index (χ3v) is 5.62. The molecule has 72 valence electrons. The first-order chi connectivity index (χ1) is 6.66. The van der Waals surface area contributed by atoms with Gasteiger partial charge >= 0.3 is 0 Å². The summed E-state index contributed by atoms with van der Waals surface area (Å²) in [6.07, 6.45) is 0. The molecule has 0 amide bonds.